The molecular weight excluding hydrogens is 224 g/mol. The summed E-state index contributed by atoms with van der Waals surface area (Å²) < 4.78 is 5.54. The highest BCUT2D eigenvalue weighted by atomic mass is 35.5. The Balaban J connectivity index is 2.39. The van der Waals surface area contributed by atoms with Gasteiger partial charge in [-0.05, 0) is 31.0 Å². The highest BCUT2D eigenvalue weighted by Gasteiger charge is 2.11. The molecular formula is C12H13ClN2O. The lowest BCUT2D eigenvalue weighted by Crippen LogP contribution is -1.86. The van der Waals surface area contributed by atoms with Gasteiger partial charge in [-0.15, -0.1) is 21.8 Å². The van der Waals surface area contributed by atoms with Gasteiger partial charge in [0, 0.05) is 17.9 Å². The van der Waals surface area contributed by atoms with Crippen LogP contribution >= 0.6 is 11.6 Å². The smallest absolute Gasteiger partial charge is 0.248 e. The zero-order valence-corrected chi connectivity index (χ0v) is 10.1. The Labute approximate surface area is 99.5 Å². The van der Waals surface area contributed by atoms with Gasteiger partial charge in [0.2, 0.25) is 11.8 Å². The van der Waals surface area contributed by atoms with Crippen molar-refractivity contribution in [2.75, 3.05) is 5.88 Å². The number of alkyl halides is 1. The van der Waals surface area contributed by atoms with Gasteiger partial charge in [-0.1, -0.05) is 12.1 Å². The summed E-state index contributed by atoms with van der Waals surface area (Å²) in [6, 6.07) is 6.04. The lowest BCUT2D eigenvalue weighted by atomic mass is 10.0. The predicted molar refractivity (Wildman–Crippen MR) is 63.6 cm³/mol. The van der Waals surface area contributed by atoms with E-state index in [2.05, 4.69) is 30.1 Å². The first kappa shape index (κ1) is 11.1. The quantitative estimate of drug-likeness (QED) is 0.769. The molecule has 0 saturated heterocycles. The molecule has 1 aromatic heterocycles. The predicted octanol–water partition coefficient (Wildman–Crippen LogP) is 3.13. The number of nitrogens with zero attached hydrogens (tertiary/aromatic N) is 2. The molecule has 0 aliphatic rings. The summed E-state index contributed by atoms with van der Waals surface area (Å²) in [5.41, 5.74) is 3.38. The first-order valence-electron chi connectivity index (χ1n) is 5.17. The van der Waals surface area contributed by atoms with Crippen molar-refractivity contribution < 1.29 is 4.42 Å². The maximum atomic E-state index is 5.62. The van der Waals surface area contributed by atoms with Crippen LogP contribution in [0.5, 0.6) is 0 Å². The molecule has 2 aromatic rings. The molecule has 0 amide bonds. The third-order valence-corrected chi connectivity index (χ3v) is 2.80. The van der Waals surface area contributed by atoms with Gasteiger partial charge in [-0.25, -0.2) is 0 Å². The number of hydrogen-bond acceptors (Lipinski definition) is 3. The van der Waals surface area contributed by atoms with Gasteiger partial charge in [0.15, 0.2) is 0 Å². The number of aromatic nitrogens is 2. The van der Waals surface area contributed by atoms with Crippen LogP contribution in [0, 0.1) is 13.8 Å². The molecule has 1 aromatic carbocycles. The number of hydrogen-bond donors (Lipinski definition) is 0. The van der Waals surface area contributed by atoms with Gasteiger partial charge >= 0.3 is 0 Å². The molecule has 3 nitrogen and oxygen atoms in total. The number of halogens is 1. The molecule has 84 valence electrons. The Morgan fingerprint density at radius 1 is 1.25 bits per heavy atom. The van der Waals surface area contributed by atoms with Crippen LogP contribution in [0.2, 0.25) is 0 Å². The van der Waals surface area contributed by atoms with E-state index in [1.165, 1.54) is 11.1 Å². The van der Waals surface area contributed by atoms with Crippen molar-refractivity contribution in [3.05, 3.63) is 35.2 Å². The van der Waals surface area contributed by atoms with Gasteiger partial charge in [-0.2, -0.15) is 0 Å². The summed E-state index contributed by atoms with van der Waals surface area (Å²) in [5.74, 6) is 1.65. The van der Waals surface area contributed by atoms with Crippen molar-refractivity contribution in [3.8, 4) is 11.5 Å². The third-order valence-electron chi connectivity index (χ3n) is 2.61. The Bertz CT molecular complexity index is 494. The average Bonchev–Trinajstić information content (AvgIpc) is 2.71. The van der Waals surface area contributed by atoms with Crippen LogP contribution in [0.15, 0.2) is 22.6 Å². The Hall–Kier alpha value is -1.35. The molecule has 0 unspecified atom stereocenters. The second-order valence-electron chi connectivity index (χ2n) is 3.69. The van der Waals surface area contributed by atoms with Gasteiger partial charge in [0.05, 0.1) is 0 Å². The Kier molecular flexibility index (Phi) is 3.25. The highest BCUT2D eigenvalue weighted by Crippen LogP contribution is 2.24. The van der Waals surface area contributed by atoms with E-state index in [1.54, 1.807) is 0 Å². The van der Waals surface area contributed by atoms with Gasteiger partial charge < -0.3 is 4.42 Å². The van der Waals surface area contributed by atoms with E-state index >= 15 is 0 Å². The number of rotatable bonds is 3. The minimum atomic E-state index is 0.494. The van der Waals surface area contributed by atoms with E-state index in [1.807, 2.05) is 12.1 Å². The molecule has 0 bridgehead atoms. The molecule has 4 heteroatoms. The van der Waals surface area contributed by atoms with Crippen molar-refractivity contribution in [1.29, 1.82) is 0 Å². The largest absolute Gasteiger partial charge is 0.421 e. The fourth-order valence-electron chi connectivity index (χ4n) is 1.53. The average molecular weight is 237 g/mol. The molecule has 0 N–H and O–H groups in total. The minimum absolute atomic E-state index is 0.494. The van der Waals surface area contributed by atoms with Crippen LogP contribution in [-0.2, 0) is 6.42 Å². The zero-order valence-electron chi connectivity index (χ0n) is 9.33. The fourth-order valence-corrected chi connectivity index (χ4v) is 1.69. The minimum Gasteiger partial charge on any atom is -0.421 e. The van der Waals surface area contributed by atoms with E-state index < -0.39 is 0 Å². The number of benzene rings is 1. The van der Waals surface area contributed by atoms with Crippen molar-refractivity contribution >= 4 is 11.6 Å². The SMILES string of the molecule is Cc1cccc(-c2nnc(CCCl)o2)c1C. The topological polar surface area (TPSA) is 38.9 Å². The first-order chi connectivity index (χ1) is 7.72. The van der Waals surface area contributed by atoms with Crippen molar-refractivity contribution in [2.45, 2.75) is 20.3 Å². The molecule has 1 heterocycles. The van der Waals surface area contributed by atoms with Crippen molar-refractivity contribution in [1.82, 2.24) is 10.2 Å². The second kappa shape index (κ2) is 4.66. The standard InChI is InChI=1S/C12H13ClN2O/c1-8-4-3-5-10(9(8)2)12-15-14-11(16-12)6-7-13/h3-5H,6-7H2,1-2H3. The summed E-state index contributed by atoms with van der Waals surface area (Å²) in [7, 11) is 0. The zero-order chi connectivity index (χ0) is 11.5. The van der Waals surface area contributed by atoms with E-state index in [0.717, 1.165) is 5.56 Å². The molecule has 0 radical (unpaired) electrons. The molecule has 2 rings (SSSR count). The van der Waals surface area contributed by atoms with Crippen LogP contribution < -0.4 is 0 Å². The van der Waals surface area contributed by atoms with Gasteiger partial charge in [0.25, 0.3) is 0 Å². The van der Waals surface area contributed by atoms with Crippen LogP contribution in [0.1, 0.15) is 17.0 Å². The van der Waals surface area contributed by atoms with E-state index in [-0.39, 0.29) is 0 Å². The van der Waals surface area contributed by atoms with E-state index in [9.17, 15) is 0 Å². The van der Waals surface area contributed by atoms with Crippen molar-refractivity contribution in [3.63, 3.8) is 0 Å². The van der Waals surface area contributed by atoms with Gasteiger partial charge in [0.1, 0.15) is 0 Å². The highest BCUT2D eigenvalue weighted by molar-refractivity contribution is 6.17. The molecule has 0 fully saturated rings. The van der Waals surface area contributed by atoms with E-state index in [4.69, 9.17) is 16.0 Å². The summed E-state index contributed by atoms with van der Waals surface area (Å²) >= 11 is 5.62. The third kappa shape index (κ3) is 2.09. The van der Waals surface area contributed by atoms with E-state index in [0.29, 0.717) is 24.1 Å². The van der Waals surface area contributed by atoms with Crippen LogP contribution in [0.3, 0.4) is 0 Å². The normalized spacial score (nSPS) is 10.7. The molecule has 0 spiro atoms. The summed E-state index contributed by atoms with van der Waals surface area (Å²) in [5, 5.41) is 7.98. The molecule has 0 aliphatic heterocycles. The Morgan fingerprint density at radius 3 is 2.81 bits per heavy atom. The lowest BCUT2D eigenvalue weighted by Gasteiger charge is -2.03. The molecule has 16 heavy (non-hydrogen) atoms. The fraction of sp³-hybridized carbons (Fsp3) is 0.333. The monoisotopic (exact) mass is 236 g/mol. The lowest BCUT2D eigenvalue weighted by molar-refractivity contribution is 0.513. The summed E-state index contributed by atoms with van der Waals surface area (Å²) in [6.07, 6.45) is 0.611. The summed E-state index contributed by atoms with van der Waals surface area (Å²) in [6.45, 7) is 4.12. The van der Waals surface area contributed by atoms with Crippen LogP contribution in [0.25, 0.3) is 11.5 Å². The van der Waals surface area contributed by atoms with Crippen molar-refractivity contribution in [2.24, 2.45) is 0 Å². The first-order valence-corrected chi connectivity index (χ1v) is 5.70. The number of aryl methyl sites for hydroxylation is 2. The second-order valence-corrected chi connectivity index (χ2v) is 4.07. The van der Waals surface area contributed by atoms with Gasteiger partial charge in [-0.3, -0.25) is 0 Å². The molecule has 0 atom stereocenters. The van der Waals surface area contributed by atoms with Crippen LogP contribution in [0.4, 0.5) is 0 Å². The Morgan fingerprint density at radius 2 is 2.06 bits per heavy atom. The summed E-state index contributed by atoms with van der Waals surface area (Å²) in [4.78, 5) is 0. The maximum Gasteiger partial charge on any atom is 0.248 e. The molecule has 0 saturated carbocycles. The maximum absolute atomic E-state index is 5.62. The van der Waals surface area contributed by atoms with Crippen LogP contribution in [-0.4, -0.2) is 16.1 Å². The molecule has 0 aliphatic carbocycles.